The molecule has 0 aliphatic rings. The van der Waals surface area contributed by atoms with Gasteiger partial charge in [0.25, 0.3) is 0 Å². The summed E-state index contributed by atoms with van der Waals surface area (Å²) in [6, 6.07) is 17.3. The molecule has 0 spiro atoms. The molecule has 0 aliphatic heterocycles. The number of amides is 1. The summed E-state index contributed by atoms with van der Waals surface area (Å²) < 4.78 is 16.1. The highest BCUT2D eigenvalue weighted by Gasteiger charge is 2.25. The molecule has 0 aromatic heterocycles. The Labute approximate surface area is 193 Å². The molecule has 7 nitrogen and oxygen atoms in total. The topological polar surface area (TPSA) is 97.3 Å². The Morgan fingerprint density at radius 1 is 0.848 bits per heavy atom. The van der Waals surface area contributed by atoms with E-state index >= 15 is 0 Å². The molecule has 0 radical (unpaired) electrons. The first-order chi connectivity index (χ1) is 15.9. The Hall–Kier alpha value is -3.87. The van der Waals surface area contributed by atoms with Crippen LogP contribution in [-0.2, 0) is 17.6 Å². The van der Waals surface area contributed by atoms with Gasteiger partial charge in [0.15, 0.2) is 11.5 Å². The van der Waals surface area contributed by atoms with Crippen LogP contribution in [0.3, 0.4) is 0 Å². The highest BCUT2D eigenvalue weighted by molar-refractivity contribution is 5.85. The van der Waals surface area contributed by atoms with Crippen LogP contribution in [-0.4, -0.2) is 44.0 Å². The van der Waals surface area contributed by atoms with Crippen LogP contribution < -0.4 is 19.5 Å². The van der Waals surface area contributed by atoms with Gasteiger partial charge < -0.3 is 29.7 Å². The molecule has 3 aromatic carbocycles. The summed E-state index contributed by atoms with van der Waals surface area (Å²) in [6.07, 6.45) is 0.992. The highest BCUT2D eigenvalue weighted by Crippen LogP contribution is 2.35. The standard InChI is InChI=1S/C26H29NO6/c1-31-20-9-11-24(32-2)21(16-20)22(14-18-6-10-23(29)25(15-18)33-3)26(30)27-13-12-17-4-7-19(28)8-5-17/h4-11,15-16,22,28-29H,12-14H2,1-3H3,(H,27,30). The number of phenols is 2. The first-order valence-electron chi connectivity index (χ1n) is 10.6. The number of carbonyl (C=O) groups excluding carboxylic acids is 1. The maximum absolute atomic E-state index is 13.4. The summed E-state index contributed by atoms with van der Waals surface area (Å²) >= 11 is 0. The van der Waals surface area contributed by atoms with Crippen molar-refractivity contribution in [1.82, 2.24) is 5.32 Å². The molecule has 7 heteroatoms. The Morgan fingerprint density at radius 3 is 2.21 bits per heavy atom. The smallest absolute Gasteiger partial charge is 0.228 e. The van der Waals surface area contributed by atoms with E-state index in [1.807, 2.05) is 12.1 Å². The summed E-state index contributed by atoms with van der Waals surface area (Å²) in [5, 5.41) is 22.4. The molecule has 0 bridgehead atoms. The van der Waals surface area contributed by atoms with Gasteiger partial charge in [-0.25, -0.2) is 0 Å². The minimum Gasteiger partial charge on any atom is -0.508 e. The fourth-order valence-electron chi connectivity index (χ4n) is 3.66. The minimum atomic E-state index is -0.566. The van der Waals surface area contributed by atoms with Crippen molar-refractivity contribution in [1.29, 1.82) is 0 Å². The molecule has 174 valence electrons. The van der Waals surface area contributed by atoms with Gasteiger partial charge >= 0.3 is 0 Å². The predicted octanol–water partition coefficient (Wildman–Crippen LogP) is 3.81. The average Bonchev–Trinajstić information content (AvgIpc) is 2.84. The van der Waals surface area contributed by atoms with E-state index in [9.17, 15) is 15.0 Å². The van der Waals surface area contributed by atoms with Gasteiger partial charge in [0.05, 0.1) is 27.2 Å². The number of methoxy groups -OCH3 is 3. The van der Waals surface area contributed by atoms with Crippen LogP contribution >= 0.6 is 0 Å². The number of nitrogens with one attached hydrogen (secondary N) is 1. The zero-order chi connectivity index (χ0) is 23.8. The number of hydrogen-bond donors (Lipinski definition) is 3. The molecule has 1 atom stereocenters. The van der Waals surface area contributed by atoms with Crippen LogP contribution in [0.25, 0.3) is 0 Å². The molecule has 0 aliphatic carbocycles. The van der Waals surface area contributed by atoms with Crippen molar-refractivity contribution in [3.63, 3.8) is 0 Å². The van der Waals surface area contributed by atoms with E-state index in [0.29, 0.717) is 42.2 Å². The van der Waals surface area contributed by atoms with E-state index in [0.717, 1.165) is 11.1 Å². The first kappa shape index (κ1) is 23.8. The van der Waals surface area contributed by atoms with E-state index in [1.54, 1.807) is 62.8 Å². The lowest BCUT2D eigenvalue weighted by molar-refractivity contribution is -0.122. The van der Waals surface area contributed by atoms with Crippen molar-refractivity contribution < 1.29 is 29.2 Å². The number of rotatable bonds is 10. The molecule has 1 unspecified atom stereocenters. The SMILES string of the molecule is COc1ccc(OC)c(C(Cc2ccc(O)c(OC)c2)C(=O)NCCc2ccc(O)cc2)c1. The van der Waals surface area contributed by atoms with Crippen LogP contribution in [0.4, 0.5) is 0 Å². The minimum absolute atomic E-state index is 0.0371. The molecule has 3 N–H and O–H groups in total. The maximum atomic E-state index is 13.4. The quantitative estimate of drug-likeness (QED) is 0.434. The Morgan fingerprint density at radius 2 is 1.55 bits per heavy atom. The molecule has 0 heterocycles. The van der Waals surface area contributed by atoms with Gasteiger partial charge in [0.2, 0.25) is 5.91 Å². The Balaban J connectivity index is 1.86. The van der Waals surface area contributed by atoms with Gasteiger partial charge in [-0.3, -0.25) is 4.79 Å². The second kappa shape index (κ2) is 11.1. The second-order valence-electron chi connectivity index (χ2n) is 7.58. The number of benzene rings is 3. The summed E-state index contributed by atoms with van der Waals surface area (Å²) in [4.78, 5) is 13.4. The Kier molecular flexibility index (Phi) is 8.02. The zero-order valence-corrected chi connectivity index (χ0v) is 19.0. The lowest BCUT2D eigenvalue weighted by Crippen LogP contribution is -2.32. The summed E-state index contributed by atoms with van der Waals surface area (Å²) in [5.41, 5.74) is 2.53. The van der Waals surface area contributed by atoms with E-state index in [1.165, 1.54) is 7.11 Å². The normalized spacial score (nSPS) is 11.5. The van der Waals surface area contributed by atoms with Gasteiger partial charge in [0, 0.05) is 12.1 Å². The number of hydrogen-bond acceptors (Lipinski definition) is 6. The zero-order valence-electron chi connectivity index (χ0n) is 19.0. The first-order valence-corrected chi connectivity index (χ1v) is 10.6. The predicted molar refractivity (Wildman–Crippen MR) is 125 cm³/mol. The van der Waals surface area contributed by atoms with Crippen molar-refractivity contribution in [3.05, 3.63) is 77.4 Å². The third-order valence-electron chi connectivity index (χ3n) is 5.46. The molecule has 0 fully saturated rings. The lowest BCUT2D eigenvalue weighted by Gasteiger charge is -2.21. The fourth-order valence-corrected chi connectivity index (χ4v) is 3.66. The molecule has 3 aromatic rings. The van der Waals surface area contributed by atoms with Gasteiger partial charge in [0.1, 0.15) is 17.2 Å². The fraction of sp³-hybridized carbons (Fsp3) is 0.269. The molecule has 33 heavy (non-hydrogen) atoms. The summed E-state index contributed by atoms with van der Waals surface area (Å²) in [6.45, 7) is 0.436. The number of carbonyl (C=O) groups is 1. The molecule has 3 rings (SSSR count). The molecular formula is C26H29NO6. The molecule has 1 amide bonds. The van der Waals surface area contributed by atoms with Gasteiger partial charge in [-0.2, -0.15) is 0 Å². The Bertz CT molecular complexity index is 1080. The summed E-state index contributed by atoms with van der Waals surface area (Å²) in [7, 11) is 4.62. The van der Waals surface area contributed by atoms with Gasteiger partial charge in [-0.05, 0) is 66.4 Å². The van der Waals surface area contributed by atoms with Gasteiger partial charge in [-0.1, -0.05) is 18.2 Å². The van der Waals surface area contributed by atoms with Crippen LogP contribution in [0.2, 0.25) is 0 Å². The largest absolute Gasteiger partial charge is 0.508 e. The van der Waals surface area contributed by atoms with Crippen LogP contribution in [0, 0.1) is 0 Å². The number of phenolic OH excluding ortho intramolecular Hbond substituents is 2. The van der Waals surface area contributed by atoms with Crippen LogP contribution in [0.5, 0.6) is 28.7 Å². The number of aromatic hydroxyl groups is 2. The van der Waals surface area contributed by atoms with Crippen molar-refractivity contribution in [2.75, 3.05) is 27.9 Å². The maximum Gasteiger partial charge on any atom is 0.228 e. The lowest BCUT2D eigenvalue weighted by atomic mass is 9.90. The van der Waals surface area contributed by atoms with Crippen molar-refractivity contribution >= 4 is 5.91 Å². The van der Waals surface area contributed by atoms with Crippen molar-refractivity contribution in [2.45, 2.75) is 18.8 Å². The molecule has 0 saturated heterocycles. The molecule has 0 saturated carbocycles. The van der Waals surface area contributed by atoms with Crippen LogP contribution in [0.15, 0.2) is 60.7 Å². The van der Waals surface area contributed by atoms with Gasteiger partial charge in [-0.15, -0.1) is 0 Å². The van der Waals surface area contributed by atoms with Crippen LogP contribution in [0.1, 0.15) is 22.6 Å². The monoisotopic (exact) mass is 451 g/mol. The van der Waals surface area contributed by atoms with Crippen molar-refractivity contribution in [3.8, 4) is 28.7 Å². The summed E-state index contributed by atoms with van der Waals surface area (Å²) in [5.74, 6) is 1.07. The highest BCUT2D eigenvalue weighted by atomic mass is 16.5. The van der Waals surface area contributed by atoms with E-state index in [2.05, 4.69) is 5.32 Å². The average molecular weight is 452 g/mol. The second-order valence-corrected chi connectivity index (χ2v) is 7.58. The number of ether oxygens (including phenoxy) is 3. The third-order valence-corrected chi connectivity index (χ3v) is 5.46. The van der Waals surface area contributed by atoms with E-state index < -0.39 is 5.92 Å². The van der Waals surface area contributed by atoms with E-state index in [-0.39, 0.29) is 17.4 Å². The third kappa shape index (κ3) is 6.10. The van der Waals surface area contributed by atoms with Crippen molar-refractivity contribution in [2.24, 2.45) is 0 Å². The molecular weight excluding hydrogens is 422 g/mol. The van der Waals surface area contributed by atoms with E-state index in [4.69, 9.17) is 14.2 Å².